The summed E-state index contributed by atoms with van der Waals surface area (Å²) in [5.41, 5.74) is 4.03. The van der Waals surface area contributed by atoms with Gasteiger partial charge in [-0.2, -0.15) is 4.98 Å². The summed E-state index contributed by atoms with van der Waals surface area (Å²) in [5, 5.41) is 4.49. The lowest BCUT2D eigenvalue weighted by molar-refractivity contribution is 0.942. The molecule has 106 valence electrons. The summed E-state index contributed by atoms with van der Waals surface area (Å²) in [6.45, 7) is 2.07. The van der Waals surface area contributed by atoms with Crippen molar-refractivity contribution < 1.29 is 0 Å². The van der Waals surface area contributed by atoms with Crippen molar-refractivity contribution in [3.05, 3.63) is 66.6 Å². The maximum Gasteiger partial charge on any atom is 0.252 e. The molecule has 5 nitrogen and oxygen atoms in total. The van der Waals surface area contributed by atoms with Crippen LogP contribution in [0.5, 0.6) is 0 Å². The van der Waals surface area contributed by atoms with E-state index in [2.05, 4.69) is 39.1 Å². The Morgan fingerprint density at radius 1 is 0.955 bits per heavy atom. The molecule has 0 saturated carbocycles. The van der Waals surface area contributed by atoms with E-state index < -0.39 is 0 Å². The maximum atomic E-state index is 4.53. The molecule has 4 aromatic rings. The van der Waals surface area contributed by atoms with Crippen LogP contribution in [0.3, 0.4) is 0 Å². The Hall–Kier alpha value is -3.08. The number of rotatable bonds is 2. The Bertz CT molecular complexity index is 925. The van der Waals surface area contributed by atoms with Gasteiger partial charge >= 0.3 is 0 Å². The maximum absolute atomic E-state index is 4.53. The summed E-state index contributed by atoms with van der Waals surface area (Å²) in [5.74, 6) is 1.21. The second-order valence-corrected chi connectivity index (χ2v) is 5.07. The second-order valence-electron chi connectivity index (χ2n) is 5.07. The van der Waals surface area contributed by atoms with Crippen LogP contribution in [0.2, 0.25) is 0 Å². The van der Waals surface area contributed by atoms with Crippen molar-refractivity contribution in [3.63, 3.8) is 0 Å². The topological polar surface area (TPSA) is 56.0 Å². The second kappa shape index (κ2) is 5.04. The van der Waals surface area contributed by atoms with Gasteiger partial charge in [0.25, 0.3) is 5.78 Å². The Kier molecular flexibility index (Phi) is 2.89. The van der Waals surface area contributed by atoms with Gasteiger partial charge in [-0.05, 0) is 31.2 Å². The number of nitrogens with zero attached hydrogens (tertiary/aromatic N) is 5. The molecule has 4 rings (SSSR count). The summed E-state index contributed by atoms with van der Waals surface area (Å²) in [6.07, 6.45) is 5.33. The summed E-state index contributed by atoms with van der Waals surface area (Å²) >= 11 is 0. The molecule has 0 atom stereocenters. The van der Waals surface area contributed by atoms with Crippen LogP contribution in [0.25, 0.3) is 28.4 Å². The molecule has 0 bridgehead atoms. The molecule has 0 spiro atoms. The molecular formula is C17H13N5. The molecule has 3 aromatic heterocycles. The van der Waals surface area contributed by atoms with Crippen molar-refractivity contribution in [2.45, 2.75) is 6.92 Å². The molecule has 22 heavy (non-hydrogen) atoms. The van der Waals surface area contributed by atoms with Crippen molar-refractivity contribution >= 4 is 5.78 Å². The molecule has 0 N–H and O–H groups in total. The lowest BCUT2D eigenvalue weighted by atomic mass is 10.0. The fourth-order valence-corrected chi connectivity index (χ4v) is 2.46. The third kappa shape index (κ3) is 2.13. The van der Waals surface area contributed by atoms with Crippen LogP contribution < -0.4 is 0 Å². The Morgan fingerprint density at radius 3 is 2.73 bits per heavy atom. The van der Waals surface area contributed by atoms with E-state index in [1.54, 1.807) is 16.9 Å². The van der Waals surface area contributed by atoms with E-state index in [4.69, 9.17) is 0 Å². The molecule has 0 aliphatic rings. The van der Waals surface area contributed by atoms with E-state index in [9.17, 15) is 0 Å². The van der Waals surface area contributed by atoms with Crippen LogP contribution in [0, 0.1) is 6.92 Å². The number of hydrogen-bond donors (Lipinski definition) is 0. The smallest absolute Gasteiger partial charge is 0.252 e. The molecule has 5 heteroatoms. The van der Waals surface area contributed by atoms with Gasteiger partial charge in [0.2, 0.25) is 0 Å². The zero-order valence-electron chi connectivity index (χ0n) is 12.0. The SMILES string of the molecule is Cc1cccc(-c2ncccc2-c2nc3ncccn3n2)c1. The van der Waals surface area contributed by atoms with Crippen molar-refractivity contribution in [2.75, 3.05) is 0 Å². The third-order valence-corrected chi connectivity index (χ3v) is 3.46. The fourth-order valence-electron chi connectivity index (χ4n) is 2.46. The van der Waals surface area contributed by atoms with Crippen molar-refractivity contribution in [1.29, 1.82) is 0 Å². The van der Waals surface area contributed by atoms with Gasteiger partial charge in [-0.1, -0.05) is 23.8 Å². The van der Waals surface area contributed by atoms with Crippen molar-refractivity contribution in [1.82, 2.24) is 24.6 Å². The summed E-state index contributed by atoms with van der Waals surface area (Å²) < 4.78 is 1.67. The molecule has 0 unspecified atom stereocenters. The average Bonchev–Trinajstić information content (AvgIpc) is 2.99. The van der Waals surface area contributed by atoms with E-state index >= 15 is 0 Å². The number of benzene rings is 1. The molecule has 0 amide bonds. The van der Waals surface area contributed by atoms with E-state index in [0.717, 1.165) is 16.8 Å². The molecule has 3 heterocycles. The molecular weight excluding hydrogens is 274 g/mol. The minimum atomic E-state index is 0.580. The Balaban J connectivity index is 1.92. The third-order valence-electron chi connectivity index (χ3n) is 3.46. The normalized spacial score (nSPS) is 11.0. The first kappa shape index (κ1) is 12.6. The first-order chi connectivity index (χ1) is 10.8. The number of pyridine rings is 1. The highest BCUT2D eigenvalue weighted by Gasteiger charge is 2.13. The van der Waals surface area contributed by atoms with Crippen LogP contribution in [0.15, 0.2) is 61.1 Å². The molecule has 0 aliphatic carbocycles. The van der Waals surface area contributed by atoms with Gasteiger partial charge in [-0.3, -0.25) is 4.98 Å². The lowest BCUT2D eigenvalue weighted by Crippen LogP contribution is -1.91. The predicted molar refractivity (Wildman–Crippen MR) is 84.2 cm³/mol. The minimum Gasteiger partial charge on any atom is -0.255 e. The highest BCUT2D eigenvalue weighted by atomic mass is 15.3. The Morgan fingerprint density at radius 2 is 1.86 bits per heavy atom. The fraction of sp³-hybridized carbons (Fsp3) is 0.0588. The number of hydrogen-bond acceptors (Lipinski definition) is 4. The first-order valence-corrected chi connectivity index (χ1v) is 7.01. The highest BCUT2D eigenvalue weighted by molar-refractivity contribution is 5.77. The van der Waals surface area contributed by atoms with Gasteiger partial charge in [-0.25, -0.2) is 9.50 Å². The molecule has 0 radical (unpaired) electrons. The minimum absolute atomic E-state index is 0.580. The van der Waals surface area contributed by atoms with E-state index in [0.29, 0.717) is 11.6 Å². The summed E-state index contributed by atoms with van der Waals surface area (Å²) in [7, 11) is 0. The van der Waals surface area contributed by atoms with Gasteiger partial charge in [0.15, 0.2) is 5.82 Å². The van der Waals surface area contributed by atoms with Gasteiger partial charge < -0.3 is 0 Å². The van der Waals surface area contributed by atoms with Crippen LogP contribution >= 0.6 is 0 Å². The van der Waals surface area contributed by atoms with Crippen LogP contribution in [-0.4, -0.2) is 24.6 Å². The zero-order valence-corrected chi connectivity index (χ0v) is 12.0. The molecule has 0 aliphatic heterocycles. The largest absolute Gasteiger partial charge is 0.255 e. The van der Waals surface area contributed by atoms with Crippen LogP contribution in [-0.2, 0) is 0 Å². The first-order valence-electron chi connectivity index (χ1n) is 7.01. The number of fused-ring (bicyclic) bond motifs is 1. The van der Waals surface area contributed by atoms with Crippen molar-refractivity contribution in [3.8, 4) is 22.6 Å². The molecule has 0 saturated heterocycles. The summed E-state index contributed by atoms with van der Waals surface area (Å²) in [6, 6.07) is 14.0. The monoisotopic (exact) mass is 287 g/mol. The van der Waals surface area contributed by atoms with Gasteiger partial charge in [0.1, 0.15) is 0 Å². The van der Waals surface area contributed by atoms with E-state index in [1.807, 2.05) is 36.5 Å². The standard InChI is InChI=1S/C17H13N5/c1-12-5-2-6-13(11-12)15-14(7-3-8-18-15)16-20-17-19-9-4-10-22(17)21-16/h2-11H,1H3. The van der Waals surface area contributed by atoms with Crippen molar-refractivity contribution in [2.24, 2.45) is 0 Å². The van der Waals surface area contributed by atoms with Gasteiger partial charge in [0.05, 0.1) is 5.69 Å². The number of aryl methyl sites for hydroxylation is 1. The van der Waals surface area contributed by atoms with E-state index in [-0.39, 0.29) is 0 Å². The van der Waals surface area contributed by atoms with Gasteiger partial charge in [-0.15, -0.1) is 5.10 Å². The van der Waals surface area contributed by atoms with Gasteiger partial charge in [0, 0.05) is 29.7 Å². The summed E-state index contributed by atoms with van der Waals surface area (Å²) in [4.78, 5) is 13.2. The quantitative estimate of drug-likeness (QED) is 0.568. The zero-order chi connectivity index (χ0) is 14.9. The Labute approximate surface area is 127 Å². The van der Waals surface area contributed by atoms with Crippen LogP contribution in [0.4, 0.5) is 0 Å². The lowest BCUT2D eigenvalue weighted by Gasteiger charge is -2.06. The molecule has 0 fully saturated rings. The molecule has 1 aromatic carbocycles. The number of aromatic nitrogens is 5. The van der Waals surface area contributed by atoms with E-state index in [1.165, 1.54) is 5.56 Å². The predicted octanol–water partition coefficient (Wildman–Crippen LogP) is 3.16. The van der Waals surface area contributed by atoms with Crippen LogP contribution in [0.1, 0.15) is 5.56 Å². The highest BCUT2D eigenvalue weighted by Crippen LogP contribution is 2.28. The average molecular weight is 287 g/mol.